The molecule has 0 aliphatic heterocycles. The van der Waals surface area contributed by atoms with Gasteiger partial charge in [0.2, 0.25) is 0 Å². The van der Waals surface area contributed by atoms with Gasteiger partial charge in [-0.3, -0.25) is 0 Å². The first-order valence-electron chi connectivity index (χ1n) is 6.67. The van der Waals surface area contributed by atoms with Crippen LogP contribution in [0.3, 0.4) is 0 Å². The number of methoxy groups -OCH3 is 1. The molecule has 2 rings (SSSR count). The van der Waals surface area contributed by atoms with Crippen LogP contribution in [0.25, 0.3) is 0 Å². The molecule has 2 heteroatoms. The zero-order valence-corrected chi connectivity index (χ0v) is 10.9. The van der Waals surface area contributed by atoms with Crippen LogP contribution in [0.15, 0.2) is 24.3 Å². The van der Waals surface area contributed by atoms with E-state index in [2.05, 4.69) is 24.4 Å². The summed E-state index contributed by atoms with van der Waals surface area (Å²) in [4.78, 5) is 0. The maximum atomic E-state index is 5.16. The van der Waals surface area contributed by atoms with Crippen molar-refractivity contribution in [2.45, 2.75) is 38.6 Å². The van der Waals surface area contributed by atoms with Gasteiger partial charge in [0.05, 0.1) is 7.11 Å². The summed E-state index contributed by atoms with van der Waals surface area (Å²) in [6, 6.07) is 8.75. The molecular weight excluding hydrogens is 210 g/mol. The lowest BCUT2D eigenvalue weighted by molar-refractivity contribution is 0.414. The average Bonchev–Trinajstić information content (AvgIpc) is 3.18. The highest BCUT2D eigenvalue weighted by Gasteiger charge is 2.20. The molecule has 0 saturated heterocycles. The van der Waals surface area contributed by atoms with Crippen molar-refractivity contribution in [2.24, 2.45) is 5.92 Å². The van der Waals surface area contributed by atoms with Crippen LogP contribution in [-0.4, -0.2) is 13.7 Å². The molecule has 17 heavy (non-hydrogen) atoms. The summed E-state index contributed by atoms with van der Waals surface area (Å²) < 4.78 is 5.16. The molecule has 2 nitrogen and oxygen atoms in total. The minimum Gasteiger partial charge on any atom is -0.497 e. The Hall–Kier alpha value is -1.02. The maximum Gasteiger partial charge on any atom is 0.118 e. The predicted octanol–water partition coefficient (Wildman–Crippen LogP) is 3.54. The second-order valence-electron chi connectivity index (χ2n) is 5.03. The highest BCUT2D eigenvalue weighted by molar-refractivity contribution is 5.28. The molecule has 0 bridgehead atoms. The van der Waals surface area contributed by atoms with Crippen molar-refractivity contribution in [1.29, 1.82) is 0 Å². The Morgan fingerprint density at radius 3 is 2.59 bits per heavy atom. The number of rotatable bonds is 7. The molecule has 0 spiro atoms. The van der Waals surface area contributed by atoms with E-state index in [4.69, 9.17) is 4.74 Å². The van der Waals surface area contributed by atoms with E-state index in [1.165, 1.54) is 31.2 Å². The summed E-state index contributed by atoms with van der Waals surface area (Å²) in [6.07, 6.45) is 5.65. The van der Waals surface area contributed by atoms with Crippen LogP contribution in [0.2, 0.25) is 0 Å². The lowest BCUT2D eigenvalue weighted by Gasteiger charge is -2.14. The average molecular weight is 233 g/mol. The molecule has 1 unspecified atom stereocenters. The predicted molar refractivity (Wildman–Crippen MR) is 71.4 cm³/mol. The van der Waals surface area contributed by atoms with Crippen molar-refractivity contribution in [1.82, 2.24) is 5.32 Å². The third-order valence-corrected chi connectivity index (χ3v) is 3.55. The Morgan fingerprint density at radius 1 is 1.29 bits per heavy atom. The SMILES string of the molecule is COc1ccc(C(C)NCCCC2CC2)cc1. The van der Waals surface area contributed by atoms with E-state index in [1.54, 1.807) is 7.11 Å². The van der Waals surface area contributed by atoms with Crippen molar-refractivity contribution in [2.75, 3.05) is 13.7 Å². The van der Waals surface area contributed by atoms with Gasteiger partial charge in [-0.15, -0.1) is 0 Å². The molecule has 1 aliphatic rings. The second-order valence-corrected chi connectivity index (χ2v) is 5.03. The maximum absolute atomic E-state index is 5.16. The van der Waals surface area contributed by atoms with Crippen LogP contribution in [-0.2, 0) is 0 Å². The minimum atomic E-state index is 0.431. The molecule has 94 valence electrons. The first-order chi connectivity index (χ1) is 8.29. The van der Waals surface area contributed by atoms with Crippen LogP contribution in [0, 0.1) is 5.92 Å². The molecule has 0 aromatic heterocycles. The van der Waals surface area contributed by atoms with Crippen molar-refractivity contribution < 1.29 is 4.74 Å². The molecule has 1 saturated carbocycles. The van der Waals surface area contributed by atoms with Crippen molar-refractivity contribution in [3.05, 3.63) is 29.8 Å². The standard InChI is InChI=1S/C15H23NO/c1-12(16-11-3-4-13-5-6-13)14-7-9-15(17-2)10-8-14/h7-10,12-13,16H,3-6,11H2,1-2H3. The van der Waals surface area contributed by atoms with E-state index in [1.807, 2.05) is 12.1 Å². The number of hydrogen-bond donors (Lipinski definition) is 1. The molecule has 0 heterocycles. The summed E-state index contributed by atoms with van der Waals surface area (Å²) in [7, 11) is 1.70. The fraction of sp³-hybridized carbons (Fsp3) is 0.600. The highest BCUT2D eigenvalue weighted by atomic mass is 16.5. The van der Waals surface area contributed by atoms with Gasteiger partial charge in [-0.05, 0) is 49.9 Å². The fourth-order valence-corrected chi connectivity index (χ4v) is 2.13. The van der Waals surface area contributed by atoms with Crippen LogP contribution in [0.5, 0.6) is 5.75 Å². The third kappa shape index (κ3) is 4.04. The summed E-state index contributed by atoms with van der Waals surface area (Å²) in [5.41, 5.74) is 1.33. The number of ether oxygens (including phenoxy) is 1. The molecule has 1 fully saturated rings. The van der Waals surface area contributed by atoms with Crippen LogP contribution in [0.1, 0.15) is 44.2 Å². The zero-order valence-electron chi connectivity index (χ0n) is 10.9. The molecule has 0 radical (unpaired) electrons. The van der Waals surface area contributed by atoms with Gasteiger partial charge in [0.1, 0.15) is 5.75 Å². The Labute approximate surface area is 104 Å². The van der Waals surface area contributed by atoms with Gasteiger partial charge in [-0.2, -0.15) is 0 Å². The van der Waals surface area contributed by atoms with E-state index >= 15 is 0 Å². The quantitative estimate of drug-likeness (QED) is 0.727. The normalized spacial score (nSPS) is 16.8. The summed E-state index contributed by atoms with van der Waals surface area (Å²) >= 11 is 0. The number of hydrogen-bond acceptors (Lipinski definition) is 2. The van der Waals surface area contributed by atoms with Gasteiger partial charge in [0.15, 0.2) is 0 Å². The van der Waals surface area contributed by atoms with Gasteiger partial charge in [-0.1, -0.05) is 25.0 Å². The number of benzene rings is 1. The Bertz CT molecular complexity index is 329. The van der Waals surface area contributed by atoms with Gasteiger partial charge >= 0.3 is 0 Å². The van der Waals surface area contributed by atoms with Crippen molar-refractivity contribution in [3.8, 4) is 5.75 Å². The highest BCUT2D eigenvalue weighted by Crippen LogP contribution is 2.33. The van der Waals surface area contributed by atoms with E-state index in [9.17, 15) is 0 Å². The van der Waals surface area contributed by atoms with Gasteiger partial charge in [0, 0.05) is 6.04 Å². The first kappa shape index (κ1) is 12.4. The lowest BCUT2D eigenvalue weighted by Crippen LogP contribution is -2.19. The van der Waals surface area contributed by atoms with Crippen LogP contribution < -0.4 is 10.1 Å². The van der Waals surface area contributed by atoms with E-state index in [0.29, 0.717) is 6.04 Å². The van der Waals surface area contributed by atoms with Crippen molar-refractivity contribution >= 4 is 0 Å². The topological polar surface area (TPSA) is 21.3 Å². The monoisotopic (exact) mass is 233 g/mol. The third-order valence-electron chi connectivity index (χ3n) is 3.55. The lowest BCUT2D eigenvalue weighted by atomic mass is 10.1. The Balaban J connectivity index is 1.71. The molecular formula is C15H23NO. The van der Waals surface area contributed by atoms with E-state index in [0.717, 1.165) is 18.2 Å². The van der Waals surface area contributed by atoms with Crippen LogP contribution >= 0.6 is 0 Å². The smallest absolute Gasteiger partial charge is 0.118 e. The van der Waals surface area contributed by atoms with Crippen LogP contribution in [0.4, 0.5) is 0 Å². The Morgan fingerprint density at radius 2 is 2.00 bits per heavy atom. The zero-order chi connectivity index (χ0) is 12.1. The molecule has 1 aromatic rings. The van der Waals surface area contributed by atoms with E-state index in [-0.39, 0.29) is 0 Å². The molecule has 1 atom stereocenters. The molecule has 1 aromatic carbocycles. The first-order valence-corrected chi connectivity index (χ1v) is 6.67. The molecule has 1 aliphatic carbocycles. The van der Waals surface area contributed by atoms with Gasteiger partial charge < -0.3 is 10.1 Å². The molecule has 0 amide bonds. The minimum absolute atomic E-state index is 0.431. The molecule has 1 N–H and O–H groups in total. The second kappa shape index (κ2) is 6.06. The summed E-state index contributed by atoms with van der Waals surface area (Å²) in [6.45, 7) is 3.35. The summed E-state index contributed by atoms with van der Waals surface area (Å²) in [5.74, 6) is 1.97. The number of nitrogens with one attached hydrogen (secondary N) is 1. The van der Waals surface area contributed by atoms with Gasteiger partial charge in [0.25, 0.3) is 0 Å². The largest absolute Gasteiger partial charge is 0.497 e. The Kier molecular flexibility index (Phi) is 4.43. The van der Waals surface area contributed by atoms with Crippen molar-refractivity contribution in [3.63, 3.8) is 0 Å². The van der Waals surface area contributed by atoms with E-state index < -0.39 is 0 Å². The van der Waals surface area contributed by atoms with Gasteiger partial charge in [-0.25, -0.2) is 0 Å². The summed E-state index contributed by atoms with van der Waals surface area (Å²) in [5, 5.41) is 3.58. The fourth-order valence-electron chi connectivity index (χ4n) is 2.13.